The Kier molecular flexibility index (Phi) is 4.56. The average molecular weight is 272 g/mol. The smallest absolute Gasteiger partial charge is 0.159 e. The monoisotopic (exact) mass is 272 g/mol. The Morgan fingerprint density at radius 2 is 2.20 bits per heavy atom. The molecule has 0 unspecified atom stereocenters. The maximum atomic E-state index is 11.3. The highest BCUT2D eigenvalue weighted by Crippen LogP contribution is 2.20. The molecule has 20 heavy (non-hydrogen) atoms. The highest BCUT2D eigenvalue weighted by Gasteiger charge is 2.06. The fraction of sp³-hybridized carbons (Fsp3) is 0.375. The minimum Gasteiger partial charge on any atom is -0.487 e. The molecule has 0 spiro atoms. The Balaban J connectivity index is 2.07. The summed E-state index contributed by atoms with van der Waals surface area (Å²) in [4.78, 5) is 15.5. The van der Waals surface area contributed by atoms with E-state index < -0.39 is 0 Å². The fourth-order valence-electron chi connectivity index (χ4n) is 2.09. The second-order valence-electron chi connectivity index (χ2n) is 4.90. The Hall–Kier alpha value is -2.10. The molecular formula is C16H20N2O2. The molecule has 0 saturated carbocycles. The minimum absolute atomic E-state index is 0.0701. The van der Waals surface area contributed by atoms with Crippen molar-refractivity contribution in [3.63, 3.8) is 0 Å². The number of imidazole rings is 1. The number of carbonyl (C=O) groups excluding carboxylic acids is 1. The molecule has 0 atom stereocenters. The first kappa shape index (κ1) is 14.3. The lowest BCUT2D eigenvalue weighted by atomic mass is 10.1. The molecule has 1 aromatic carbocycles. The molecule has 2 rings (SSSR count). The third-order valence-electron chi connectivity index (χ3n) is 3.22. The number of Topliss-reactive ketones (excluding diaryl/α,β-unsaturated/α-hetero) is 1. The van der Waals surface area contributed by atoms with Crippen molar-refractivity contribution in [2.75, 3.05) is 0 Å². The Labute approximate surface area is 119 Å². The topological polar surface area (TPSA) is 44.1 Å². The van der Waals surface area contributed by atoms with E-state index in [9.17, 15) is 4.79 Å². The molecular weight excluding hydrogens is 252 g/mol. The van der Waals surface area contributed by atoms with E-state index in [4.69, 9.17) is 4.74 Å². The molecule has 1 heterocycles. The molecule has 0 aliphatic carbocycles. The van der Waals surface area contributed by atoms with Crippen LogP contribution in [0.3, 0.4) is 0 Å². The Morgan fingerprint density at radius 1 is 1.40 bits per heavy atom. The van der Waals surface area contributed by atoms with Gasteiger partial charge in [0.05, 0.1) is 18.2 Å². The maximum Gasteiger partial charge on any atom is 0.159 e. The zero-order chi connectivity index (χ0) is 14.5. The number of rotatable bonds is 6. The summed E-state index contributed by atoms with van der Waals surface area (Å²) in [6.07, 6.45) is 4.72. The zero-order valence-electron chi connectivity index (χ0n) is 12.2. The van der Waals surface area contributed by atoms with Crippen LogP contribution in [0.4, 0.5) is 0 Å². The van der Waals surface area contributed by atoms with Gasteiger partial charge < -0.3 is 9.30 Å². The van der Waals surface area contributed by atoms with Gasteiger partial charge in [-0.2, -0.15) is 0 Å². The molecule has 0 aliphatic rings. The summed E-state index contributed by atoms with van der Waals surface area (Å²) >= 11 is 0. The molecule has 0 radical (unpaired) electrons. The molecule has 4 heteroatoms. The van der Waals surface area contributed by atoms with Crippen LogP contribution in [0.15, 0.2) is 30.7 Å². The summed E-state index contributed by atoms with van der Waals surface area (Å²) in [5.74, 6) is 0.875. The van der Waals surface area contributed by atoms with Crippen molar-refractivity contribution in [3.8, 4) is 5.75 Å². The standard InChI is InChI=1S/C16H20N2O2/c1-4-7-18-11-17-9-15(18)10-20-16-6-5-14(13(3)19)8-12(16)2/h5-6,8-9,11H,4,7,10H2,1-3H3. The first-order valence-electron chi connectivity index (χ1n) is 6.85. The van der Waals surface area contributed by atoms with Gasteiger partial charge in [-0.3, -0.25) is 4.79 Å². The van der Waals surface area contributed by atoms with Gasteiger partial charge in [-0.25, -0.2) is 4.98 Å². The van der Waals surface area contributed by atoms with Crippen LogP contribution >= 0.6 is 0 Å². The molecule has 4 nitrogen and oxygen atoms in total. The van der Waals surface area contributed by atoms with E-state index in [2.05, 4.69) is 16.5 Å². The van der Waals surface area contributed by atoms with Crippen LogP contribution in [-0.4, -0.2) is 15.3 Å². The van der Waals surface area contributed by atoms with Crippen molar-refractivity contribution < 1.29 is 9.53 Å². The molecule has 106 valence electrons. The number of hydrogen-bond acceptors (Lipinski definition) is 3. The summed E-state index contributed by atoms with van der Waals surface area (Å²) in [6.45, 7) is 7.08. The average Bonchev–Trinajstić information content (AvgIpc) is 2.85. The van der Waals surface area contributed by atoms with E-state index in [1.807, 2.05) is 31.6 Å². The van der Waals surface area contributed by atoms with Crippen molar-refractivity contribution in [2.24, 2.45) is 0 Å². The second kappa shape index (κ2) is 6.37. The van der Waals surface area contributed by atoms with Crippen LogP contribution in [0, 0.1) is 6.92 Å². The number of aromatic nitrogens is 2. The predicted molar refractivity (Wildman–Crippen MR) is 78.0 cm³/mol. The van der Waals surface area contributed by atoms with E-state index in [-0.39, 0.29) is 5.78 Å². The van der Waals surface area contributed by atoms with Crippen LogP contribution in [0.1, 0.15) is 41.9 Å². The number of ether oxygens (including phenoxy) is 1. The van der Waals surface area contributed by atoms with Gasteiger partial charge in [-0.05, 0) is 44.0 Å². The van der Waals surface area contributed by atoms with Gasteiger partial charge in [-0.15, -0.1) is 0 Å². The van der Waals surface area contributed by atoms with Crippen LogP contribution in [0.5, 0.6) is 5.75 Å². The second-order valence-corrected chi connectivity index (χ2v) is 4.90. The quantitative estimate of drug-likeness (QED) is 0.757. The first-order chi connectivity index (χ1) is 9.61. The number of carbonyl (C=O) groups is 1. The van der Waals surface area contributed by atoms with Gasteiger partial charge in [0.1, 0.15) is 12.4 Å². The van der Waals surface area contributed by atoms with Crippen LogP contribution < -0.4 is 4.74 Å². The van der Waals surface area contributed by atoms with Gasteiger partial charge >= 0.3 is 0 Å². The third-order valence-corrected chi connectivity index (χ3v) is 3.22. The fourth-order valence-corrected chi connectivity index (χ4v) is 2.09. The molecule has 0 N–H and O–H groups in total. The SMILES string of the molecule is CCCn1cncc1COc1ccc(C(C)=O)cc1C. The van der Waals surface area contributed by atoms with E-state index >= 15 is 0 Å². The van der Waals surface area contributed by atoms with E-state index in [1.54, 1.807) is 13.0 Å². The van der Waals surface area contributed by atoms with E-state index in [0.29, 0.717) is 12.2 Å². The largest absolute Gasteiger partial charge is 0.487 e. The van der Waals surface area contributed by atoms with Crippen molar-refractivity contribution in [1.29, 1.82) is 0 Å². The van der Waals surface area contributed by atoms with Gasteiger partial charge in [0, 0.05) is 12.1 Å². The summed E-state index contributed by atoms with van der Waals surface area (Å²) in [5.41, 5.74) is 2.74. The predicted octanol–water partition coefficient (Wildman–Crippen LogP) is 3.38. The molecule has 0 fully saturated rings. The highest BCUT2D eigenvalue weighted by atomic mass is 16.5. The first-order valence-corrected chi connectivity index (χ1v) is 6.85. The van der Waals surface area contributed by atoms with E-state index in [0.717, 1.165) is 30.0 Å². The van der Waals surface area contributed by atoms with E-state index in [1.165, 1.54) is 0 Å². The van der Waals surface area contributed by atoms with Gasteiger partial charge in [0.2, 0.25) is 0 Å². The number of nitrogens with zero attached hydrogens (tertiary/aromatic N) is 2. The van der Waals surface area contributed by atoms with Crippen molar-refractivity contribution >= 4 is 5.78 Å². The molecule has 0 saturated heterocycles. The summed E-state index contributed by atoms with van der Waals surface area (Å²) in [7, 11) is 0. The summed E-state index contributed by atoms with van der Waals surface area (Å²) in [5, 5.41) is 0. The highest BCUT2D eigenvalue weighted by molar-refractivity contribution is 5.94. The zero-order valence-corrected chi connectivity index (χ0v) is 12.2. The maximum absolute atomic E-state index is 11.3. The lowest BCUT2D eigenvalue weighted by Gasteiger charge is -2.11. The molecule has 0 amide bonds. The number of benzene rings is 1. The normalized spacial score (nSPS) is 10.6. The summed E-state index contributed by atoms with van der Waals surface area (Å²) in [6, 6.07) is 5.52. The van der Waals surface area contributed by atoms with Crippen LogP contribution in [0.2, 0.25) is 0 Å². The Bertz CT molecular complexity index is 602. The van der Waals surface area contributed by atoms with Crippen LogP contribution in [0.25, 0.3) is 0 Å². The summed E-state index contributed by atoms with van der Waals surface area (Å²) < 4.78 is 7.93. The van der Waals surface area contributed by atoms with Gasteiger partial charge in [0.25, 0.3) is 0 Å². The van der Waals surface area contributed by atoms with Gasteiger partial charge in [-0.1, -0.05) is 6.92 Å². The number of ketones is 1. The molecule has 1 aromatic heterocycles. The van der Waals surface area contributed by atoms with Crippen molar-refractivity contribution in [1.82, 2.24) is 9.55 Å². The lowest BCUT2D eigenvalue weighted by molar-refractivity contribution is 0.101. The third kappa shape index (κ3) is 3.26. The van der Waals surface area contributed by atoms with Crippen molar-refractivity contribution in [2.45, 2.75) is 40.3 Å². The Morgan fingerprint density at radius 3 is 2.85 bits per heavy atom. The lowest BCUT2D eigenvalue weighted by Crippen LogP contribution is -2.05. The molecule has 0 aliphatic heterocycles. The minimum atomic E-state index is 0.0701. The molecule has 2 aromatic rings. The van der Waals surface area contributed by atoms with Crippen molar-refractivity contribution in [3.05, 3.63) is 47.5 Å². The number of hydrogen-bond donors (Lipinski definition) is 0. The van der Waals surface area contributed by atoms with Gasteiger partial charge in [0.15, 0.2) is 5.78 Å². The number of aryl methyl sites for hydroxylation is 2. The molecule has 0 bridgehead atoms. The van der Waals surface area contributed by atoms with Crippen LogP contribution in [-0.2, 0) is 13.2 Å².